The fraction of sp³-hybridized carbons (Fsp3) is 0.429. The van der Waals surface area contributed by atoms with E-state index in [0.717, 1.165) is 11.5 Å². The number of nitrogens with one attached hydrogen (secondary N) is 1. The summed E-state index contributed by atoms with van der Waals surface area (Å²) in [5.74, 6) is 0.818. The monoisotopic (exact) mass is 152 g/mol. The molecule has 0 unspecified atom stereocenters. The molecule has 1 N–H and O–H groups in total. The lowest BCUT2D eigenvalue weighted by molar-refractivity contribution is 0.760. The predicted molar refractivity (Wildman–Crippen MR) is 44.2 cm³/mol. The van der Waals surface area contributed by atoms with Crippen LogP contribution in [0.5, 0.6) is 0 Å². The van der Waals surface area contributed by atoms with Crippen LogP contribution in [0.25, 0.3) is 0 Å². The molecule has 4 heteroatoms. The predicted octanol–water partition coefficient (Wildman–Crippen LogP) is 0.356. The molecule has 1 rings (SSSR count). The third kappa shape index (κ3) is 1.88. The summed E-state index contributed by atoms with van der Waals surface area (Å²) in [6.07, 6.45) is 0. The minimum atomic E-state index is 0.818. The zero-order chi connectivity index (χ0) is 8.27. The van der Waals surface area contributed by atoms with E-state index < -0.39 is 0 Å². The molecule has 1 aromatic heterocycles. The first kappa shape index (κ1) is 7.94. The van der Waals surface area contributed by atoms with Crippen molar-refractivity contribution in [1.82, 2.24) is 15.6 Å². The summed E-state index contributed by atoms with van der Waals surface area (Å²) in [4.78, 5) is 0. The van der Waals surface area contributed by atoms with Crippen molar-refractivity contribution in [1.29, 1.82) is 0 Å². The first-order valence-electron chi connectivity index (χ1n) is 3.45. The van der Waals surface area contributed by atoms with E-state index in [-0.39, 0.29) is 0 Å². The lowest BCUT2D eigenvalue weighted by Gasteiger charge is -2.14. The van der Waals surface area contributed by atoms with Gasteiger partial charge in [0.15, 0.2) is 5.82 Å². The number of hydrogen-bond donors (Lipinski definition) is 1. The summed E-state index contributed by atoms with van der Waals surface area (Å²) in [6, 6.07) is 3.84. The van der Waals surface area contributed by atoms with E-state index in [0.29, 0.717) is 0 Å². The molecular weight excluding hydrogens is 140 g/mol. The molecule has 1 heterocycles. The summed E-state index contributed by atoms with van der Waals surface area (Å²) in [5, 5.41) is 9.68. The van der Waals surface area contributed by atoms with Gasteiger partial charge in [-0.1, -0.05) is 0 Å². The quantitative estimate of drug-likeness (QED) is 0.621. The Morgan fingerprint density at radius 3 is 2.55 bits per heavy atom. The summed E-state index contributed by atoms with van der Waals surface area (Å²) in [7, 11) is 3.72. The Morgan fingerprint density at radius 1 is 1.36 bits per heavy atom. The maximum Gasteiger partial charge on any atom is 0.165 e. The highest BCUT2D eigenvalue weighted by Gasteiger charge is 1.97. The van der Waals surface area contributed by atoms with Crippen molar-refractivity contribution in [2.75, 3.05) is 19.1 Å². The third-order valence-electron chi connectivity index (χ3n) is 1.46. The normalized spacial score (nSPS) is 9.73. The van der Waals surface area contributed by atoms with E-state index in [9.17, 15) is 0 Å². The summed E-state index contributed by atoms with van der Waals surface area (Å²) < 4.78 is 0. The molecule has 1 aromatic rings. The second kappa shape index (κ2) is 3.30. The van der Waals surface area contributed by atoms with Crippen molar-refractivity contribution >= 4 is 5.82 Å². The molecule has 0 radical (unpaired) electrons. The van der Waals surface area contributed by atoms with Crippen LogP contribution >= 0.6 is 0 Å². The van der Waals surface area contributed by atoms with Crippen LogP contribution < -0.4 is 10.4 Å². The lowest BCUT2D eigenvalue weighted by atomic mass is 10.4. The molecule has 0 aliphatic carbocycles. The van der Waals surface area contributed by atoms with Crippen LogP contribution in [0.1, 0.15) is 5.69 Å². The molecule has 0 saturated carbocycles. The molecule has 0 spiro atoms. The number of rotatable bonds is 2. The molecule has 60 valence electrons. The average Bonchev–Trinajstić information content (AvgIpc) is 2.05. The van der Waals surface area contributed by atoms with Gasteiger partial charge in [-0.15, -0.1) is 5.10 Å². The second-order valence-corrected chi connectivity index (χ2v) is 2.32. The molecule has 0 bridgehead atoms. The van der Waals surface area contributed by atoms with Crippen molar-refractivity contribution in [2.45, 2.75) is 6.92 Å². The van der Waals surface area contributed by atoms with Gasteiger partial charge in [0, 0.05) is 14.1 Å². The van der Waals surface area contributed by atoms with E-state index >= 15 is 0 Å². The maximum absolute atomic E-state index is 3.96. The third-order valence-corrected chi connectivity index (χ3v) is 1.46. The van der Waals surface area contributed by atoms with Crippen LogP contribution in [-0.2, 0) is 0 Å². The summed E-state index contributed by atoms with van der Waals surface area (Å²) >= 11 is 0. The second-order valence-electron chi connectivity index (χ2n) is 2.32. The molecule has 0 atom stereocenters. The van der Waals surface area contributed by atoms with Crippen LogP contribution in [-0.4, -0.2) is 24.3 Å². The minimum Gasteiger partial charge on any atom is -0.294 e. The van der Waals surface area contributed by atoms with Crippen LogP contribution in [0.3, 0.4) is 0 Å². The van der Waals surface area contributed by atoms with Gasteiger partial charge in [0.05, 0.1) is 5.69 Å². The number of anilines is 1. The van der Waals surface area contributed by atoms with Gasteiger partial charge in [-0.3, -0.25) is 5.01 Å². The molecule has 11 heavy (non-hydrogen) atoms. The van der Waals surface area contributed by atoms with Crippen molar-refractivity contribution < 1.29 is 0 Å². The van der Waals surface area contributed by atoms with Crippen LogP contribution in [0.15, 0.2) is 12.1 Å². The number of aromatic nitrogens is 2. The molecule has 0 aromatic carbocycles. The Morgan fingerprint density at radius 2 is 2.09 bits per heavy atom. The topological polar surface area (TPSA) is 41.0 Å². The number of nitrogens with zero attached hydrogens (tertiary/aromatic N) is 3. The standard InChI is InChI=1S/C7H12N4/c1-6-4-5-7(10-9-6)11(3)8-2/h4-5,8H,1-3H3. The van der Waals surface area contributed by atoms with Crippen molar-refractivity contribution in [3.8, 4) is 0 Å². The summed E-state index contributed by atoms with van der Waals surface area (Å²) in [5.41, 5.74) is 3.86. The van der Waals surface area contributed by atoms with E-state index in [1.54, 1.807) is 5.01 Å². The Labute approximate surface area is 66.2 Å². The van der Waals surface area contributed by atoms with Gasteiger partial charge in [0.2, 0.25) is 0 Å². The zero-order valence-corrected chi connectivity index (χ0v) is 7.00. The highest BCUT2D eigenvalue weighted by molar-refractivity contribution is 5.33. The Kier molecular flexibility index (Phi) is 2.38. The van der Waals surface area contributed by atoms with E-state index in [2.05, 4.69) is 15.6 Å². The molecule has 4 nitrogen and oxygen atoms in total. The highest BCUT2D eigenvalue weighted by atomic mass is 15.5. The number of aryl methyl sites for hydroxylation is 1. The average molecular weight is 152 g/mol. The van der Waals surface area contributed by atoms with Gasteiger partial charge < -0.3 is 0 Å². The summed E-state index contributed by atoms with van der Waals surface area (Å²) in [6.45, 7) is 1.91. The molecule has 0 aliphatic heterocycles. The van der Waals surface area contributed by atoms with Gasteiger partial charge in [0.1, 0.15) is 0 Å². The Hall–Kier alpha value is -1.16. The lowest BCUT2D eigenvalue weighted by Crippen LogP contribution is -2.31. The number of hydrazine groups is 1. The maximum atomic E-state index is 3.96. The molecular formula is C7H12N4. The van der Waals surface area contributed by atoms with E-state index in [1.165, 1.54) is 0 Å². The molecule has 0 saturated heterocycles. The smallest absolute Gasteiger partial charge is 0.165 e. The van der Waals surface area contributed by atoms with Gasteiger partial charge >= 0.3 is 0 Å². The number of hydrogen-bond acceptors (Lipinski definition) is 4. The van der Waals surface area contributed by atoms with Gasteiger partial charge in [0.25, 0.3) is 0 Å². The Bertz CT molecular complexity index is 218. The fourth-order valence-corrected chi connectivity index (χ4v) is 0.685. The zero-order valence-electron chi connectivity index (χ0n) is 7.00. The van der Waals surface area contributed by atoms with Gasteiger partial charge in [-0.25, -0.2) is 5.43 Å². The van der Waals surface area contributed by atoms with Crippen molar-refractivity contribution in [2.24, 2.45) is 0 Å². The van der Waals surface area contributed by atoms with E-state index in [4.69, 9.17) is 0 Å². The first-order chi connectivity index (χ1) is 5.24. The fourth-order valence-electron chi connectivity index (χ4n) is 0.685. The van der Waals surface area contributed by atoms with Crippen molar-refractivity contribution in [3.63, 3.8) is 0 Å². The minimum absolute atomic E-state index is 0.818. The largest absolute Gasteiger partial charge is 0.294 e. The van der Waals surface area contributed by atoms with Crippen molar-refractivity contribution in [3.05, 3.63) is 17.8 Å². The SMILES string of the molecule is CNN(C)c1ccc(C)nn1. The van der Waals surface area contributed by atoms with Gasteiger partial charge in [-0.2, -0.15) is 5.10 Å². The first-order valence-corrected chi connectivity index (χ1v) is 3.45. The van der Waals surface area contributed by atoms with E-state index in [1.807, 2.05) is 33.2 Å². The highest BCUT2D eigenvalue weighted by Crippen LogP contribution is 2.03. The van der Waals surface area contributed by atoms with Crippen LogP contribution in [0.4, 0.5) is 5.82 Å². The van der Waals surface area contributed by atoms with Crippen LogP contribution in [0, 0.1) is 6.92 Å². The molecule has 0 aliphatic rings. The van der Waals surface area contributed by atoms with Gasteiger partial charge in [-0.05, 0) is 19.1 Å². The molecule has 0 fully saturated rings. The Balaban J connectivity index is 2.81. The molecule has 0 amide bonds. The van der Waals surface area contributed by atoms with Crippen LogP contribution in [0.2, 0.25) is 0 Å².